The lowest BCUT2D eigenvalue weighted by molar-refractivity contribution is 1.41. The van der Waals surface area contributed by atoms with Crippen molar-refractivity contribution in [1.82, 2.24) is 0 Å². The molecule has 1 aromatic heterocycles. The van der Waals surface area contributed by atoms with Crippen molar-refractivity contribution in [3.05, 3.63) is 40.7 Å². The maximum absolute atomic E-state index is 5.88. The molecule has 0 aliphatic carbocycles. The summed E-state index contributed by atoms with van der Waals surface area (Å²) in [7, 11) is 1.92. The molecule has 1 N–H and O–H groups in total. The predicted molar refractivity (Wildman–Crippen MR) is 69.4 cm³/mol. The molecule has 0 aliphatic heterocycles. The summed E-state index contributed by atoms with van der Waals surface area (Å²) in [5, 5.41) is 3.12. The normalized spacial score (nSPS) is 10.3. The van der Waals surface area contributed by atoms with Gasteiger partial charge in [-0.15, -0.1) is 11.3 Å². The third kappa shape index (κ3) is 2.91. The molecule has 0 unspecified atom stereocenters. The van der Waals surface area contributed by atoms with Crippen LogP contribution in [0.25, 0.3) is 0 Å². The van der Waals surface area contributed by atoms with Gasteiger partial charge in [-0.05, 0) is 30.3 Å². The minimum Gasteiger partial charge on any atom is -0.388 e. The van der Waals surface area contributed by atoms with E-state index in [9.17, 15) is 0 Å². The zero-order valence-electron chi connectivity index (χ0n) is 8.16. The topological polar surface area (TPSA) is 12.0 Å². The van der Waals surface area contributed by atoms with Crippen LogP contribution in [0.15, 0.2) is 45.5 Å². The van der Waals surface area contributed by atoms with Crippen LogP contribution in [-0.2, 0) is 0 Å². The molecule has 1 heterocycles. The Labute approximate surface area is 102 Å². The number of thiophene rings is 1. The molecule has 1 aromatic carbocycles. The van der Waals surface area contributed by atoms with E-state index >= 15 is 0 Å². The highest BCUT2D eigenvalue weighted by molar-refractivity contribution is 8.01. The summed E-state index contributed by atoms with van der Waals surface area (Å²) in [5.41, 5.74) is 1.13. The van der Waals surface area contributed by atoms with Crippen LogP contribution in [0.4, 0.5) is 5.69 Å². The van der Waals surface area contributed by atoms with Crippen molar-refractivity contribution in [1.29, 1.82) is 0 Å². The van der Waals surface area contributed by atoms with Gasteiger partial charge in [0.1, 0.15) is 0 Å². The van der Waals surface area contributed by atoms with Crippen LogP contribution in [0.3, 0.4) is 0 Å². The van der Waals surface area contributed by atoms with Crippen molar-refractivity contribution in [3.63, 3.8) is 0 Å². The second-order valence-corrected chi connectivity index (χ2v) is 6.03. The molecule has 0 fully saturated rings. The summed E-state index contributed by atoms with van der Waals surface area (Å²) in [4.78, 5) is 1.22. The summed E-state index contributed by atoms with van der Waals surface area (Å²) in [5.74, 6) is 0. The van der Waals surface area contributed by atoms with Crippen LogP contribution < -0.4 is 5.32 Å². The van der Waals surface area contributed by atoms with Crippen LogP contribution in [0.1, 0.15) is 0 Å². The first-order valence-corrected chi connectivity index (χ1v) is 6.50. The van der Waals surface area contributed by atoms with Gasteiger partial charge in [0.2, 0.25) is 0 Å². The molecule has 78 valence electrons. The molecule has 0 amide bonds. The average molecular weight is 256 g/mol. The van der Waals surface area contributed by atoms with Gasteiger partial charge >= 0.3 is 0 Å². The Morgan fingerprint density at radius 3 is 2.80 bits per heavy atom. The highest BCUT2D eigenvalue weighted by Crippen LogP contribution is 2.35. The summed E-state index contributed by atoms with van der Waals surface area (Å²) < 4.78 is 2.05. The Kier molecular flexibility index (Phi) is 3.57. The molecule has 2 rings (SSSR count). The average Bonchev–Trinajstić information content (AvgIpc) is 2.64. The highest BCUT2D eigenvalue weighted by atomic mass is 35.5. The molecule has 0 saturated carbocycles. The fraction of sp³-hybridized carbons (Fsp3) is 0.0909. The van der Waals surface area contributed by atoms with Crippen molar-refractivity contribution >= 4 is 40.4 Å². The second kappa shape index (κ2) is 4.92. The molecule has 1 nitrogen and oxygen atoms in total. The van der Waals surface area contributed by atoms with E-state index in [1.165, 1.54) is 9.10 Å². The molecule has 15 heavy (non-hydrogen) atoms. The number of benzene rings is 1. The van der Waals surface area contributed by atoms with Gasteiger partial charge in [-0.2, -0.15) is 0 Å². The molecule has 0 saturated heterocycles. The maximum atomic E-state index is 5.88. The predicted octanol–water partition coefficient (Wildman–Crippen LogP) is 4.59. The Balaban J connectivity index is 2.16. The number of hydrogen-bond donors (Lipinski definition) is 1. The number of hydrogen-bond acceptors (Lipinski definition) is 3. The molecule has 0 radical (unpaired) electrons. The molecular weight excluding hydrogens is 246 g/mol. The molecule has 0 aliphatic rings. The zero-order valence-corrected chi connectivity index (χ0v) is 10.5. The quantitative estimate of drug-likeness (QED) is 0.861. The first-order valence-electron chi connectivity index (χ1n) is 4.49. The summed E-state index contributed by atoms with van der Waals surface area (Å²) in [6, 6.07) is 12.3. The Bertz CT molecular complexity index is 453. The van der Waals surface area contributed by atoms with E-state index in [1.807, 2.05) is 31.3 Å². The fourth-order valence-electron chi connectivity index (χ4n) is 1.18. The van der Waals surface area contributed by atoms with Crippen molar-refractivity contribution in [2.24, 2.45) is 0 Å². The second-order valence-electron chi connectivity index (χ2n) is 2.94. The van der Waals surface area contributed by atoms with Gasteiger partial charge in [0.05, 0.1) is 8.55 Å². The van der Waals surface area contributed by atoms with Gasteiger partial charge in [-0.1, -0.05) is 29.4 Å². The number of halogens is 1. The molecule has 0 bridgehead atoms. The molecule has 4 heteroatoms. The zero-order chi connectivity index (χ0) is 10.7. The fourth-order valence-corrected chi connectivity index (χ4v) is 3.52. The smallest absolute Gasteiger partial charge is 0.0940 e. The van der Waals surface area contributed by atoms with E-state index in [-0.39, 0.29) is 0 Å². The summed E-state index contributed by atoms with van der Waals surface area (Å²) >= 11 is 9.21. The lowest BCUT2D eigenvalue weighted by Crippen LogP contribution is -1.86. The van der Waals surface area contributed by atoms with Crippen molar-refractivity contribution in [2.45, 2.75) is 9.10 Å². The van der Waals surface area contributed by atoms with Crippen molar-refractivity contribution in [3.8, 4) is 0 Å². The Hall–Kier alpha value is -0.640. The third-order valence-electron chi connectivity index (χ3n) is 1.89. The first-order chi connectivity index (χ1) is 7.28. The molecular formula is C11H10ClNS2. The minimum absolute atomic E-state index is 0.835. The Morgan fingerprint density at radius 2 is 2.13 bits per heavy atom. The van der Waals surface area contributed by atoms with Crippen LogP contribution in [-0.4, -0.2) is 7.05 Å². The lowest BCUT2D eigenvalue weighted by Gasteiger charge is -2.02. The third-order valence-corrected chi connectivity index (χ3v) is 4.24. The summed E-state index contributed by atoms with van der Waals surface area (Å²) in [6.07, 6.45) is 0. The largest absolute Gasteiger partial charge is 0.388 e. The van der Waals surface area contributed by atoms with E-state index in [2.05, 4.69) is 17.4 Å². The number of nitrogens with one attached hydrogen (secondary N) is 1. The maximum Gasteiger partial charge on any atom is 0.0940 e. The Morgan fingerprint density at radius 1 is 1.27 bits per heavy atom. The SMILES string of the molecule is CNc1cccc(Sc2ccc(Cl)s2)c1. The van der Waals surface area contributed by atoms with E-state index in [1.54, 1.807) is 23.1 Å². The monoisotopic (exact) mass is 255 g/mol. The first kappa shape index (κ1) is 10.9. The van der Waals surface area contributed by atoms with Gasteiger partial charge in [0.15, 0.2) is 0 Å². The standard InChI is InChI=1S/C11H10ClNS2/c1-13-8-3-2-4-9(7-8)14-11-6-5-10(12)15-11/h2-7,13H,1H3. The van der Waals surface area contributed by atoms with E-state index in [4.69, 9.17) is 11.6 Å². The number of anilines is 1. The molecule has 2 aromatic rings. The van der Waals surface area contributed by atoms with Gasteiger partial charge in [-0.3, -0.25) is 0 Å². The van der Waals surface area contributed by atoms with Gasteiger partial charge < -0.3 is 5.32 Å². The van der Waals surface area contributed by atoms with Gasteiger partial charge in [0.25, 0.3) is 0 Å². The van der Waals surface area contributed by atoms with Crippen LogP contribution in [0.5, 0.6) is 0 Å². The highest BCUT2D eigenvalue weighted by Gasteiger charge is 2.01. The van der Waals surface area contributed by atoms with Gasteiger partial charge in [-0.25, -0.2) is 0 Å². The molecule has 0 atom stereocenters. The van der Waals surface area contributed by atoms with Gasteiger partial charge in [0, 0.05) is 17.6 Å². The van der Waals surface area contributed by atoms with E-state index < -0.39 is 0 Å². The van der Waals surface area contributed by atoms with Crippen molar-refractivity contribution < 1.29 is 0 Å². The number of rotatable bonds is 3. The van der Waals surface area contributed by atoms with E-state index in [0.29, 0.717) is 0 Å². The summed E-state index contributed by atoms with van der Waals surface area (Å²) in [6.45, 7) is 0. The van der Waals surface area contributed by atoms with Crippen LogP contribution in [0.2, 0.25) is 4.34 Å². The van der Waals surface area contributed by atoms with E-state index in [0.717, 1.165) is 10.0 Å². The van der Waals surface area contributed by atoms with Crippen LogP contribution in [0, 0.1) is 0 Å². The molecule has 0 spiro atoms. The minimum atomic E-state index is 0.835. The lowest BCUT2D eigenvalue weighted by atomic mass is 10.3. The van der Waals surface area contributed by atoms with Crippen molar-refractivity contribution in [2.75, 3.05) is 12.4 Å². The van der Waals surface area contributed by atoms with Crippen LogP contribution >= 0.6 is 34.7 Å².